The quantitative estimate of drug-likeness (QED) is 0.587. The Morgan fingerprint density at radius 2 is 1.27 bits per heavy atom. The zero-order valence-electron chi connectivity index (χ0n) is 7.62. The van der Waals surface area contributed by atoms with Gasteiger partial charge in [-0.2, -0.15) is 0 Å². The molecule has 0 aliphatic heterocycles. The van der Waals surface area contributed by atoms with Crippen molar-refractivity contribution in [3.63, 3.8) is 0 Å². The highest BCUT2D eigenvalue weighted by molar-refractivity contribution is 6.51. The molecule has 0 aromatic rings. The normalized spacial score (nSPS) is 26.2. The maximum atomic E-state index is 6.12. The van der Waals surface area contributed by atoms with Gasteiger partial charge in [0.2, 0.25) is 0 Å². The predicted octanol–water partition coefficient (Wildman–Crippen LogP) is 3.86. The third-order valence-electron chi connectivity index (χ3n) is 3.13. The molecule has 0 aromatic carbocycles. The molecule has 66 valence electrons. The molecule has 0 heterocycles. The molecule has 2 heteroatoms. The first-order valence-electron chi connectivity index (χ1n) is 4.22. The average Bonchev–Trinajstić information content (AvgIpc) is 2.35. The summed E-state index contributed by atoms with van der Waals surface area (Å²) in [5, 5.41) is 0. The fraction of sp³-hybridized carbons (Fsp3) is 1.00. The lowest BCUT2D eigenvalue weighted by Crippen LogP contribution is -2.23. The number of hydrogen-bond donors (Lipinski definition) is 0. The Kier molecular flexibility index (Phi) is 2.23. The molecule has 0 atom stereocenters. The van der Waals surface area contributed by atoms with Gasteiger partial charge in [0.05, 0.1) is 0 Å². The lowest BCUT2D eigenvalue weighted by Gasteiger charge is -2.26. The third kappa shape index (κ3) is 1.19. The van der Waals surface area contributed by atoms with Crippen LogP contribution in [-0.4, -0.2) is 4.33 Å². The zero-order chi connectivity index (χ0) is 8.86. The smallest absolute Gasteiger partial charge is 0.101 e. The highest BCUT2D eigenvalue weighted by Crippen LogP contribution is 2.71. The van der Waals surface area contributed by atoms with Crippen molar-refractivity contribution in [1.82, 2.24) is 0 Å². The van der Waals surface area contributed by atoms with E-state index < -0.39 is 4.33 Å². The minimum absolute atomic E-state index is 0.177. The summed E-state index contributed by atoms with van der Waals surface area (Å²) in [5.41, 5.74) is 0.177. The molecule has 11 heavy (non-hydrogen) atoms. The van der Waals surface area contributed by atoms with E-state index >= 15 is 0 Å². The Morgan fingerprint density at radius 3 is 1.27 bits per heavy atom. The van der Waals surface area contributed by atoms with Crippen LogP contribution in [0.1, 0.15) is 34.1 Å². The van der Waals surface area contributed by atoms with Crippen LogP contribution in [0.15, 0.2) is 0 Å². The van der Waals surface area contributed by atoms with E-state index in [1.54, 1.807) is 0 Å². The molecule has 0 bridgehead atoms. The van der Waals surface area contributed by atoms with Crippen molar-refractivity contribution in [2.75, 3.05) is 0 Å². The summed E-state index contributed by atoms with van der Waals surface area (Å²) in [7, 11) is 0. The molecule has 1 aliphatic carbocycles. The van der Waals surface area contributed by atoms with Crippen LogP contribution in [0.2, 0.25) is 0 Å². The Balaban J connectivity index is 2.80. The monoisotopic (exact) mass is 194 g/mol. The Morgan fingerprint density at radius 1 is 1.00 bits per heavy atom. The lowest BCUT2D eigenvalue weighted by atomic mass is 9.82. The van der Waals surface area contributed by atoms with E-state index in [1.807, 2.05) is 0 Å². The molecule has 0 spiro atoms. The first kappa shape index (κ1) is 9.67. The third-order valence-corrected chi connectivity index (χ3v) is 4.10. The number of halogens is 2. The first-order chi connectivity index (χ1) is 4.84. The van der Waals surface area contributed by atoms with Crippen LogP contribution in [0.3, 0.4) is 0 Å². The van der Waals surface area contributed by atoms with Crippen molar-refractivity contribution in [3.05, 3.63) is 0 Å². The van der Waals surface area contributed by atoms with Crippen molar-refractivity contribution in [2.24, 2.45) is 17.3 Å². The standard InChI is InChI=1S/C9H16Cl2/c1-6(2)8(7(3)4)5-9(8,10)11/h6-7H,5H2,1-4H3. The summed E-state index contributed by atoms with van der Waals surface area (Å²) in [4.78, 5) is 0. The Hall–Kier alpha value is 0.580. The molecule has 1 fully saturated rings. The van der Waals surface area contributed by atoms with E-state index in [2.05, 4.69) is 27.7 Å². The lowest BCUT2D eigenvalue weighted by molar-refractivity contribution is 0.255. The molecular formula is C9H16Cl2. The molecule has 1 rings (SSSR count). The fourth-order valence-electron chi connectivity index (χ4n) is 2.24. The number of rotatable bonds is 2. The molecule has 0 N–H and O–H groups in total. The van der Waals surface area contributed by atoms with Crippen LogP contribution in [0, 0.1) is 17.3 Å². The van der Waals surface area contributed by atoms with E-state index in [9.17, 15) is 0 Å². The molecule has 1 aliphatic rings. The minimum Gasteiger partial charge on any atom is -0.101 e. The molecule has 0 amide bonds. The van der Waals surface area contributed by atoms with E-state index in [0.29, 0.717) is 11.8 Å². The minimum atomic E-state index is -0.449. The second-order valence-corrected chi connectivity index (χ2v) is 5.71. The second-order valence-electron chi connectivity index (χ2n) is 4.23. The second kappa shape index (κ2) is 2.53. The van der Waals surface area contributed by atoms with Crippen molar-refractivity contribution >= 4 is 23.2 Å². The van der Waals surface area contributed by atoms with Gasteiger partial charge in [-0.25, -0.2) is 0 Å². The van der Waals surface area contributed by atoms with Gasteiger partial charge in [0, 0.05) is 5.41 Å². The molecule has 0 radical (unpaired) electrons. The van der Waals surface area contributed by atoms with Gasteiger partial charge in [-0.1, -0.05) is 27.7 Å². The highest BCUT2D eigenvalue weighted by atomic mass is 35.5. The Bertz CT molecular complexity index is 151. The molecule has 0 nitrogen and oxygen atoms in total. The van der Waals surface area contributed by atoms with Crippen LogP contribution in [0.25, 0.3) is 0 Å². The van der Waals surface area contributed by atoms with Crippen LogP contribution in [0.4, 0.5) is 0 Å². The van der Waals surface area contributed by atoms with Gasteiger partial charge in [-0.15, -0.1) is 23.2 Å². The van der Waals surface area contributed by atoms with Gasteiger partial charge in [-0.05, 0) is 18.3 Å². The maximum absolute atomic E-state index is 6.12. The van der Waals surface area contributed by atoms with E-state index in [1.165, 1.54) is 0 Å². The molecule has 0 aromatic heterocycles. The summed E-state index contributed by atoms with van der Waals surface area (Å²) in [6.45, 7) is 8.80. The fourth-order valence-corrected chi connectivity index (χ4v) is 3.56. The largest absolute Gasteiger partial charge is 0.125 e. The average molecular weight is 195 g/mol. The van der Waals surface area contributed by atoms with E-state index in [-0.39, 0.29) is 5.41 Å². The van der Waals surface area contributed by atoms with Gasteiger partial charge >= 0.3 is 0 Å². The highest BCUT2D eigenvalue weighted by Gasteiger charge is 2.68. The van der Waals surface area contributed by atoms with Gasteiger partial charge in [0.15, 0.2) is 0 Å². The van der Waals surface area contributed by atoms with E-state index in [0.717, 1.165) is 6.42 Å². The van der Waals surface area contributed by atoms with Crippen molar-refractivity contribution < 1.29 is 0 Å². The predicted molar refractivity (Wildman–Crippen MR) is 51.2 cm³/mol. The van der Waals surface area contributed by atoms with Crippen molar-refractivity contribution in [2.45, 2.75) is 38.4 Å². The molecule has 1 saturated carbocycles. The first-order valence-corrected chi connectivity index (χ1v) is 4.98. The number of hydrogen-bond acceptors (Lipinski definition) is 0. The van der Waals surface area contributed by atoms with Gasteiger partial charge in [0.25, 0.3) is 0 Å². The van der Waals surface area contributed by atoms with Crippen molar-refractivity contribution in [1.29, 1.82) is 0 Å². The van der Waals surface area contributed by atoms with Gasteiger partial charge in [0.1, 0.15) is 4.33 Å². The Labute approximate surface area is 79.3 Å². The van der Waals surface area contributed by atoms with Crippen LogP contribution in [-0.2, 0) is 0 Å². The SMILES string of the molecule is CC(C)C1(C(C)C)CC1(Cl)Cl. The maximum Gasteiger partial charge on any atom is 0.125 e. The van der Waals surface area contributed by atoms with Crippen LogP contribution < -0.4 is 0 Å². The van der Waals surface area contributed by atoms with Crippen molar-refractivity contribution in [3.8, 4) is 0 Å². The summed E-state index contributed by atoms with van der Waals surface area (Å²) in [6.07, 6.45) is 0.957. The summed E-state index contributed by atoms with van der Waals surface area (Å²) in [6, 6.07) is 0. The van der Waals surface area contributed by atoms with Gasteiger partial charge < -0.3 is 0 Å². The summed E-state index contributed by atoms with van der Waals surface area (Å²) >= 11 is 12.2. The van der Waals surface area contributed by atoms with Crippen LogP contribution in [0.5, 0.6) is 0 Å². The molecule has 0 unspecified atom stereocenters. The summed E-state index contributed by atoms with van der Waals surface area (Å²) in [5.74, 6) is 1.16. The summed E-state index contributed by atoms with van der Waals surface area (Å²) < 4.78 is -0.449. The molecule has 0 saturated heterocycles. The van der Waals surface area contributed by atoms with Gasteiger partial charge in [-0.3, -0.25) is 0 Å². The zero-order valence-corrected chi connectivity index (χ0v) is 9.13. The van der Waals surface area contributed by atoms with E-state index in [4.69, 9.17) is 23.2 Å². The number of alkyl halides is 2. The topological polar surface area (TPSA) is 0 Å². The van der Waals surface area contributed by atoms with Crippen LogP contribution >= 0.6 is 23.2 Å². The molecular weight excluding hydrogens is 179 g/mol.